The van der Waals surface area contributed by atoms with Gasteiger partial charge in [0.15, 0.2) is 45.9 Å². The summed E-state index contributed by atoms with van der Waals surface area (Å²) in [6, 6.07) is 22.7. The molecule has 4 N–H and O–H groups in total. The van der Waals surface area contributed by atoms with E-state index in [0.717, 1.165) is 18.0 Å². The number of aryl methyl sites for hydroxylation is 5. The van der Waals surface area contributed by atoms with Gasteiger partial charge in [-0.3, -0.25) is 28.4 Å². The van der Waals surface area contributed by atoms with Crippen molar-refractivity contribution in [3.63, 3.8) is 0 Å². The first-order valence-corrected chi connectivity index (χ1v) is 31.0. The number of aliphatic hydroxyl groups is 1. The van der Waals surface area contributed by atoms with Gasteiger partial charge in [-0.25, -0.2) is 65.2 Å². The molecular formula is C67H58BrF5N22O7. The molecule has 0 atom stereocenters. The minimum atomic E-state index is -1.03. The van der Waals surface area contributed by atoms with Crippen molar-refractivity contribution in [2.75, 3.05) is 12.3 Å². The summed E-state index contributed by atoms with van der Waals surface area (Å²) in [5.41, 5.74) is 12.8. The molecule has 14 aromatic rings. The average Bonchev–Trinajstić information content (AvgIpc) is 1.62. The van der Waals surface area contributed by atoms with Crippen LogP contribution in [0, 0.1) is 42.9 Å². The van der Waals surface area contributed by atoms with Gasteiger partial charge in [-0.1, -0.05) is 0 Å². The maximum absolute atomic E-state index is 14.5. The van der Waals surface area contributed by atoms with Crippen molar-refractivity contribution in [3.05, 3.63) is 220 Å². The number of benzene rings is 2. The van der Waals surface area contributed by atoms with E-state index in [2.05, 4.69) is 91.8 Å². The Morgan fingerprint density at radius 3 is 1.53 bits per heavy atom. The van der Waals surface area contributed by atoms with Crippen LogP contribution in [-0.4, -0.2) is 149 Å². The number of esters is 1. The highest BCUT2D eigenvalue weighted by Gasteiger charge is 2.25. The van der Waals surface area contributed by atoms with Gasteiger partial charge in [-0.05, 0) is 141 Å². The average molecular weight is 1460 g/mol. The number of nitrogen functional groups attached to an aromatic ring is 1. The van der Waals surface area contributed by atoms with Crippen LogP contribution in [-0.2, 0) is 43.5 Å². The number of aromatic carboxylic acids is 1. The van der Waals surface area contributed by atoms with Gasteiger partial charge in [0.25, 0.3) is 0 Å². The lowest BCUT2D eigenvalue weighted by molar-refractivity contribution is -0.154. The lowest BCUT2D eigenvalue weighted by atomic mass is 10.0. The van der Waals surface area contributed by atoms with Gasteiger partial charge in [-0.2, -0.15) is 35.7 Å². The van der Waals surface area contributed by atoms with E-state index < -0.39 is 41.6 Å². The highest BCUT2D eigenvalue weighted by molar-refractivity contribution is 9.10. The van der Waals surface area contributed by atoms with Crippen molar-refractivity contribution < 1.29 is 56.1 Å². The van der Waals surface area contributed by atoms with Crippen molar-refractivity contribution >= 4 is 62.1 Å². The Kier molecular flexibility index (Phi) is 21.9. The van der Waals surface area contributed by atoms with Gasteiger partial charge in [-0.15, -0.1) is 15.3 Å². The Morgan fingerprint density at radius 1 is 0.569 bits per heavy atom. The summed E-state index contributed by atoms with van der Waals surface area (Å²) in [5, 5.41) is 57.4. The molecule has 0 spiro atoms. The number of anilines is 1. The van der Waals surface area contributed by atoms with Crippen LogP contribution in [0.5, 0.6) is 0 Å². The number of pyridine rings is 3. The number of aromatic nitrogens is 21. The lowest BCUT2D eigenvalue weighted by Crippen LogP contribution is -2.25. The van der Waals surface area contributed by atoms with E-state index in [4.69, 9.17) is 20.7 Å². The molecule has 0 saturated carbocycles. The fraction of sp³-hybridized carbons (Fsp3) is 0.179. The van der Waals surface area contributed by atoms with Crippen molar-refractivity contribution in [1.82, 2.24) is 103 Å². The first-order valence-electron chi connectivity index (χ1n) is 30.2. The quantitative estimate of drug-likeness (QED) is 0.0549. The number of aliphatic hydroxyl groups excluding tert-OH is 1. The predicted molar refractivity (Wildman–Crippen MR) is 360 cm³/mol. The molecular weight excluding hydrogens is 1400 g/mol. The number of carboxylic acids is 1. The summed E-state index contributed by atoms with van der Waals surface area (Å²) in [4.78, 5) is 68.7. The highest BCUT2D eigenvalue weighted by atomic mass is 79.9. The van der Waals surface area contributed by atoms with Gasteiger partial charge < -0.3 is 20.7 Å². The number of Topliss-reactive ketones (excluding diaryl/α,β-unsaturated/α-hetero) is 2. The number of carboxylic acid groups (broad SMARTS) is 1. The Bertz CT molecular complexity index is 5350. The zero-order valence-electron chi connectivity index (χ0n) is 55.2. The zero-order valence-corrected chi connectivity index (χ0v) is 56.7. The van der Waals surface area contributed by atoms with Gasteiger partial charge in [0, 0.05) is 80.0 Å². The third kappa shape index (κ3) is 17.2. The molecule has 0 radical (unpaired) electrons. The first kappa shape index (κ1) is 72.1. The summed E-state index contributed by atoms with van der Waals surface area (Å²) in [6.07, 6.45) is 12.6. The summed E-state index contributed by atoms with van der Waals surface area (Å²) in [5.74, 6) is -3.25. The van der Waals surface area contributed by atoms with Gasteiger partial charge in [0.1, 0.15) is 52.7 Å². The molecule has 520 valence electrons. The van der Waals surface area contributed by atoms with Crippen molar-refractivity contribution in [3.8, 4) is 56.5 Å². The summed E-state index contributed by atoms with van der Waals surface area (Å²) in [7, 11) is 4.89. The molecule has 0 unspecified atom stereocenters. The smallest absolute Gasteiger partial charge is 0.354 e. The van der Waals surface area contributed by atoms with Crippen molar-refractivity contribution in [1.29, 1.82) is 0 Å². The van der Waals surface area contributed by atoms with Gasteiger partial charge >= 0.3 is 11.9 Å². The van der Waals surface area contributed by atoms with E-state index in [-0.39, 0.29) is 58.6 Å². The third-order valence-electron chi connectivity index (χ3n) is 14.5. The number of nitrogens with two attached hydrogens (primary N) is 1. The van der Waals surface area contributed by atoms with Crippen molar-refractivity contribution in [2.45, 2.75) is 53.1 Å². The van der Waals surface area contributed by atoms with Gasteiger partial charge in [0.05, 0.1) is 77.5 Å². The van der Waals surface area contributed by atoms with Crippen LogP contribution in [0.1, 0.15) is 74.8 Å². The molecule has 35 heteroatoms. The van der Waals surface area contributed by atoms with E-state index >= 15 is 0 Å². The number of hydrogen-bond acceptors (Lipinski definition) is 22. The molecule has 0 aliphatic rings. The number of nitrogens with zero attached hydrogens (tertiary/aromatic N) is 21. The van der Waals surface area contributed by atoms with E-state index in [9.17, 15) is 41.1 Å². The largest absolute Gasteiger partial charge is 0.477 e. The van der Waals surface area contributed by atoms with Crippen LogP contribution in [0.25, 0.3) is 73.5 Å². The molecule has 0 aliphatic heterocycles. The Hall–Kier alpha value is -12.7. The van der Waals surface area contributed by atoms with E-state index in [0.29, 0.717) is 95.4 Å². The minimum absolute atomic E-state index is 0.0144. The van der Waals surface area contributed by atoms with Crippen LogP contribution < -0.4 is 5.73 Å². The van der Waals surface area contributed by atoms with Crippen LogP contribution in [0.3, 0.4) is 0 Å². The number of halogens is 6. The molecule has 2 aromatic carbocycles. The maximum atomic E-state index is 14.5. The fourth-order valence-electron chi connectivity index (χ4n) is 9.83. The number of carbonyl (C=O) groups excluding carboxylic acids is 3. The summed E-state index contributed by atoms with van der Waals surface area (Å²) < 4.78 is 81.4. The van der Waals surface area contributed by atoms with E-state index in [1.165, 1.54) is 94.8 Å². The summed E-state index contributed by atoms with van der Waals surface area (Å²) in [6.45, 7) is 8.34. The molecule has 12 heterocycles. The van der Waals surface area contributed by atoms with Gasteiger partial charge in [0.2, 0.25) is 10.5 Å². The lowest BCUT2D eigenvalue weighted by Gasteiger charge is -2.19. The van der Waals surface area contributed by atoms with Crippen molar-refractivity contribution in [2.24, 2.45) is 21.1 Å². The van der Waals surface area contributed by atoms with E-state index in [1.807, 2.05) is 6.92 Å². The number of rotatable bonds is 13. The Labute approximate surface area is 582 Å². The number of ketones is 2. The molecule has 14 rings (SSSR count). The number of carbonyl (C=O) groups is 4. The number of hydrogen-bond donors (Lipinski definition) is 3. The second kappa shape index (κ2) is 31.0. The predicted octanol–water partition coefficient (Wildman–Crippen LogP) is 9.31. The van der Waals surface area contributed by atoms with Crippen LogP contribution >= 0.6 is 15.9 Å². The van der Waals surface area contributed by atoms with Crippen LogP contribution in [0.15, 0.2) is 152 Å². The molecule has 102 heavy (non-hydrogen) atoms. The minimum Gasteiger partial charge on any atom is -0.477 e. The Balaban J connectivity index is 0.000000140. The molecule has 0 bridgehead atoms. The third-order valence-corrected chi connectivity index (χ3v) is 14.8. The molecule has 12 aromatic heterocycles. The number of ether oxygens (including phenoxy) is 1. The van der Waals surface area contributed by atoms with Crippen LogP contribution in [0.4, 0.5) is 27.6 Å². The summed E-state index contributed by atoms with van der Waals surface area (Å²) >= 11 is 3.16. The normalized spacial score (nSPS) is 11.0. The molecule has 29 nitrogen and oxygen atoms in total. The number of fused-ring (bicyclic) bond motifs is 3. The maximum Gasteiger partial charge on any atom is 0.354 e. The Morgan fingerprint density at radius 2 is 1.03 bits per heavy atom. The molecule has 0 fully saturated rings. The van der Waals surface area contributed by atoms with E-state index in [1.54, 1.807) is 116 Å². The first-order chi connectivity index (χ1) is 48.6. The second-order valence-electron chi connectivity index (χ2n) is 23.1. The fourth-order valence-corrected chi connectivity index (χ4v) is 10.2. The molecule has 0 saturated heterocycles. The molecule has 0 amide bonds. The highest BCUT2D eigenvalue weighted by Crippen LogP contribution is 2.28. The SMILES string of the molecule is CC(C)(C)OC(=O)Cc1cc2nc(-c3ccc(F)cc3)nn2cc1F.Cc1ncc(C)c(-c2cnn(C)c2C(=O)Cc2cc3nc(Br)nn3cc2F)n1.Cn1ncc(-c2cccnn2)c1C(=O)CO.Cn1ncc(-c2cccnn2)c1C(=O)O.Nc1cc2nc(-c3ccc(F)cc3)nn2cc1F. The zero-order chi connectivity index (χ0) is 73.3. The monoisotopic (exact) mass is 1460 g/mol. The second-order valence-corrected chi connectivity index (χ2v) is 23.8. The van der Waals surface area contributed by atoms with Crippen LogP contribution in [0.2, 0.25) is 0 Å². The standard InChI is InChI=1S/C18H15BrFN7O.C18H17F2N3O2.C12H8F2N4.C10H10N4O2.C9H8N4O2/c1-9-6-21-10(2)23-16(9)12-7-22-26(3)17(12)14(28)4-11-5-15-24-18(19)25-27(15)8-13(11)20;1-18(2,3)25-16(24)9-12-8-15-21-17(22-23(15)10-14(12)20)11-4-6-13(19)7-5-11;13-8-3-1-7(2-4-8)12-16-11-5-10(15)9(14)6-18(11)17-12;1-14-10(9(16)6-15)7(5-12-14)8-3-2-4-11-13-8;1-13-8(9(14)15)6(5-11-13)7-3-2-4-10-12-7/h5-8H,4H2,1-3H3;4-8,10H,9H2,1-3H3;1-6H,15H2;2-5,15H,6H2,1H3;2-5H,1H3,(H,14,15). The molecule has 0 aliphatic carbocycles. The topological polar surface area (TPSA) is 365 Å².